The summed E-state index contributed by atoms with van der Waals surface area (Å²) in [6, 6.07) is 17.2. The first kappa shape index (κ1) is 24.4. The van der Waals surface area contributed by atoms with Crippen LogP contribution in [0.4, 0.5) is 14.5 Å². The highest BCUT2D eigenvalue weighted by Gasteiger charge is 2.20. The number of carbonyl (C=O) groups is 3. The quantitative estimate of drug-likeness (QED) is 0.505. The zero-order valence-corrected chi connectivity index (χ0v) is 18.4. The van der Waals surface area contributed by atoms with Crippen LogP contribution in [-0.2, 0) is 16.1 Å². The van der Waals surface area contributed by atoms with E-state index in [2.05, 4.69) is 10.6 Å². The van der Waals surface area contributed by atoms with Gasteiger partial charge in [0.1, 0.15) is 23.9 Å². The Balaban J connectivity index is 1.63. The monoisotopic (exact) mass is 467 g/mol. The van der Waals surface area contributed by atoms with Crippen LogP contribution in [0.25, 0.3) is 0 Å². The number of anilines is 1. The number of halogens is 2. The van der Waals surface area contributed by atoms with Gasteiger partial charge in [-0.25, -0.2) is 8.78 Å². The summed E-state index contributed by atoms with van der Waals surface area (Å²) < 4.78 is 31.9. The van der Waals surface area contributed by atoms with Crippen molar-refractivity contribution in [3.05, 3.63) is 95.6 Å². The molecule has 7 nitrogen and oxygen atoms in total. The summed E-state index contributed by atoms with van der Waals surface area (Å²) in [5, 5.41) is 5.10. The van der Waals surface area contributed by atoms with Crippen LogP contribution < -0.4 is 15.4 Å². The highest BCUT2D eigenvalue weighted by Crippen LogP contribution is 2.15. The SMILES string of the molecule is COc1ccc(NC(=O)CNC(=O)CN(Cc2ccc(F)cc2)C(=O)c2cccc(F)c2)cc1. The van der Waals surface area contributed by atoms with Crippen molar-refractivity contribution >= 4 is 23.4 Å². The summed E-state index contributed by atoms with van der Waals surface area (Å²) in [5.74, 6) is -2.02. The van der Waals surface area contributed by atoms with E-state index in [0.29, 0.717) is 17.0 Å². The van der Waals surface area contributed by atoms with Crippen molar-refractivity contribution in [3.8, 4) is 5.75 Å². The highest BCUT2D eigenvalue weighted by atomic mass is 19.1. The molecule has 9 heteroatoms. The van der Waals surface area contributed by atoms with Gasteiger partial charge in [0.2, 0.25) is 11.8 Å². The fraction of sp³-hybridized carbons (Fsp3) is 0.160. The van der Waals surface area contributed by atoms with Crippen molar-refractivity contribution in [2.45, 2.75) is 6.54 Å². The molecule has 0 bridgehead atoms. The van der Waals surface area contributed by atoms with E-state index in [-0.39, 0.29) is 25.2 Å². The van der Waals surface area contributed by atoms with Gasteiger partial charge in [-0.15, -0.1) is 0 Å². The number of hydrogen-bond donors (Lipinski definition) is 2. The Morgan fingerprint density at radius 1 is 0.882 bits per heavy atom. The van der Waals surface area contributed by atoms with Crippen LogP contribution >= 0.6 is 0 Å². The summed E-state index contributed by atoms with van der Waals surface area (Å²) >= 11 is 0. The fourth-order valence-electron chi connectivity index (χ4n) is 3.10. The Kier molecular flexibility index (Phi) is 8.28. The molecule has 3 amide bonds. The molecule has 176 valence electrons. The van der Waals surface area contributed by atoms with Crippen molar-refractivity contribution in [3.63, 3.8) is 0 Å². The van der Waals surface area contributed by atoms with Gasteiger partial charge < -0.3 is 20.3 Å². The van der Waals surface area contributed by atoms with Crippen LogP contribution in [0.5, 0.6) is 5.75 Å². The van der Waals surface area contributed by atoms with Gasteiger partial charge in [-0.3, -0.25) is 14.4 Å². The van der Waals surface area contributed by atoms with E-state index >= 15 is 0 Å². The number of amides is 3. The first-order valence-electron chi connectivity index (χ1n) is 10.3. The van der Waals surface area contributed by atoms with E-state index in [4.69, 9.17) is 4.74 Å². The number of carbonyl (C=O) groups excluding carboxylic acids is 3. The van der Waals surface area contributed by atoms with Gasteiger partial charge in [-0.05, 0) is 60.2 Å². The van der Waals surface area contributed by atoms with E-state index < -0.39 is 29.4 Å². The van der Waals surface area contributed by atoms with E-state index in [1.165, 1.54) is 54.5 Å². The average molecular weight is 467 g/mol. The Morgan fingerprint density at radius 3 is 2.24 bits per heavy atom. The average Bonchev–Trinajstić information content (AvgIpc) is 2.83. The van der Waals surface area contributed by atoms with E-state index in [1.54, 1.807) is 24.3 Å². The molecule has 0 heterocycles. The number of ether oxygens (including phenoxy) is 1. The normalized spacial score (nSPS) is 10.3. The molecule has 0 radical (unpaired) electrons. The summed E-state index contributed by atoms with van der Waals surface area (Å²) in [7, 11) is 1.53. The first-order valence-corrected chi connectivity index (χ1v) is 10.3. The van der Waals surface area contributed by atoms with Crippen LogP contribution in [-0.4, -0.2) is 42.8 Å². The minimum atomic E-state index is -0.591. The van der Waals surface area contributed by atoms with Crippen LogP contribution in [0.15, 0.2) is 72.8 Å². The lowest BCUT2D eigenvalue weighted by Gasteiger charge is -2.22. The number of methoxy groups -OCH3 is 1. The zero-order valence-electron chi connectivity index (χ0n) is 18.4. The minimum absolute atomic E-state index is 0.0128. The molecule has 0 saturated heterocycles. The Labute approximate surface area is 195 Å². The molecule has 0 aliphatic carbocycles. The topological polar surface area (TPSA) is 87.7 Å². The molecule has 3 aromatic carbocycles. The maximum absolute atomic E-state index is 13.6. The lowest BCUT2D eigenvalue weighted by atomic mass is 10.1. The summed E-state index contributed by atoms with van der Waals surface area (Å²) in [4.78, 5) is 38.8. The highest BCUT2D eigenvalue weighted by molar-refractivity contribution is 5.98. The maximum atomic E-state index is 13.6. The van der Waals surface area contributed by atoms with Gasteiger partial charge >= 0.3 is 0 Å². The van der Waals surface area contributed by atoms with Crippen LogP contribution in [0, 0.1) is 11.6 Å². The maximum Gasteiger partial charge on any atom is 0.254 e. The molecule has 3 rings (SSSR count). The lowest BCUT2D eigenvalue weighted by Crippen LogP contribution is -2.42. The largest absolute Gasteiger partial charge is 0.497 e. The molecule has 0 fully saturated rings. The smallest absolute Gasteiger partial charge is 0.254 e. The predicted octanol–water partition coefficient (Wildman–Crippen LogP) is 3.37. The molecule has 0 aliphatic heterocycles. The Morgan fingerprint density at radius 2 is 1.59 bits per heavy atom. The third kappa shape index (κ3) is 7.13. The van der Waals surface area contributed by atoms with Gasteiger partial charge in [0.05, 0.1) is 13.7 Å². The second kappa shape index (κ2) is 11.6. The van der Waals surface area contributed by atoms with Gasteiger partial charge in [0.25, 0.3) is 5.91 Å². The van der Waals surface area contributed by atoms with Crippen molar-refractivity contribution in [1.82, 2.24) is 10.2 Å². The predicted molar refractivity (Wildman–Crippen MR) is 122 cm³/mol. The molecule has 0 aromatic heterocycles. The van der Waals surface area contributed by atoms with Crippen LogP contribution in [0.3, 0.4) is 0 Å². The number of nitrogens with zero attached hydrogens (tertiary/aromatic N) is 1. The number of nitrogens with one attached hydrogen (secondary N) is 2. The zero-order chi connectivity index (χ0) is 24.5. The molecule has 34 heavy (non-hydrogen) atoms. The third-order valence-corrected chi connectivity index (χ3v) is 4.80. The molecule has 3 aromatic rings. The van der Waals surface area contributed by atoms with Gasteiger partial charge in [0.15, 0.2) is 0 Å². The van der Waals surface area contributed by atoms with Crippen molar-refractivity contribution < 1.29 is 27.9 Å². The molecular weight excluding hydrogens is 444 g/mol. The third-order valence-electron chi connectivity index (χ3n) is 4.80. The van der Waals surface area contributed by atoms with Gasteiger partial charge in [-0.1, -0.05) is 18.2 Å². The van der Waals surface area contributed by atoms with Crippen molar-refractivity contribution in [2.75, 3.05) is 25.5 Å². The minimum Gasteiger partial charge on any atom is -0.497 e. The number of rotatable bonds is 9. The van der Waals surface area contributed by atoms with Crippen molar-refractivity contribution in [1.29, 1.82) is 0 Å². The Hall–Kier alpha value is -4.27. The lowest BCUT2D eigenvalue weighted by molar-refractivity contribution is -0.124. The van der Waals surface area contributed by atoms with Crippen LogP contribution in [0.1, 0.15) is 15.9 Å². The van der Waals surface area contributed by atoms with Crippen LogP contribution in [0.2, 0.25) is 0 Å². The molecule has 0 aliphatic rings. The molecule has 0 saturated carbocycles. The molecular formula is C25H23F2N3O4. The standard InChI is InChI=1S/C25H23F2N3O4/c1-34-22-11-9-21(10-12-22)29-23(31)14-28-24(32)16-30(15-17-5-7-19(26)8-6-17)25(33)18-3-2-4-20(27)13-18/h2-13H,14-16H2,1H3,(H,28,32)(H,29,31). The van der Waals surface area contributed by atoms with E-state index in [1.807, 2.05) is 0 Å². The molecule has 0 atom stereocenters. The second-order valence-electron chi connectivity index (χ2n) is 7.35. The van der Waals surface area contributed by atoms with E-state index in [0.717, 1.165) is 6.07 Å². The summed E-state index contributed by atoms with van der Waals surface area (Å²) in [6.45, 7) is -0.715. The number of benzene rings is 3. The summed E-state index contributed by atoms with van der Waals surface area (Å²) in [5.41, 5.74) is 1.17. The van der Waals surface area contributed by atoms with E-state index in [9.17, 15) is 23.2 Å². The van der Waals surface area contributed by atoms with Gasteiger partial charge in [0, 0.05) is 17.8 Å². The molecule has 0 spiro atoms. The second-order valence-corrected chi connectivity index (χ2v) is 7.35. The molecule has 2 N–H and O–H groups in total. The van der Waals surface area contributed by atoms with Gasteiger partial charge in [-0.2, -0.15) is 0 Å². The first-order chi connectivity index (χ1) is 16.3. The Bertz CT molecular complexity index is 1150. The summed E-state index contributed by atoms with van der Waals surface area (Å²) in [6.07, 6.45) is 0. The molecule has 0 unspecified atom stereocenters. The van der Waals surface area contributed by atoms with Crippen molar-refractivity contribution in [2.24, 2.45) is 0 Å². The number of hydrogen-bond acceptors (Lipinski definition) is 4. The fourth-order valence-corrected chi connectivity index (χ4v) is 3.10.